The lowest BCUT2D eigenvalue weighted by molar-refractivity contribution is -0.0656. The molecule has 2 atom stereocenters. The van der Waals surface area contributed by atoms with Gasteiger partial charge in [0.15, 0.2) is 5.78 Å². The normalized spacial score (nSPS) is 20.4. The van der Waals surface area contributed by atoms with Crippen LogP contribution >= 0.6 is 23.2 Å². The number of nitrogens with one attached hydrogen (secondary N) is 1. The number of aliphatic hydroxyl groups excluding tert-OH is 1. The second kappa shape index (κ2) is 7.11. The number of carbonyl (C=O) groups is 2. The van der Waals surface area contributed by atoms with E-state index in [1.165, 1.54) is 19.2 Å². The minimum Gasteiger partial charge on any atom is -0.469 e. The van der Waals surface area contributed by atoms with Crippen LogP contribution in [0.2, 0.25) is 10.0 Å². The number of benzene rings is 1. The summed E-state index contributed by atoms with van der Waals surface area (Å²) in [6.07, 6.45) is 0.317. The highest BCUT2D eigenvalue weighted by Crippen LogP contribution is 2.39. The Bertz CT molecular complexity index is 930. The number of amides is 1. The predicted octanol–water partition coefficient (Wildman–Crippen LogP) is 3.59. The molecule has 142 valence electrons. The number of ether oxygens (including phenoxy) is 1. The van der Waals surface area contributed by atoms with Gasteiger partial charge in [-0.25, -0.2) is 4.98 Å². The third-order valence-corrected chi connectivity index (χ3v) is 5.31. The molecular formula is C19H18Cl2N2O4. The molecule has 0 radical (unpaired) electrons. The second-order valence-electron chi connectivity index (χ2n) is 6.88. The van der Waals surface area contributed by atoms with Crippen molar-refractivity contribution in [2.24, 2.45) is 0 Å². The van der Waals surface area contributed by atoms with Gasteiger partial charge in [0, 0.05) is 17.3 Å². The summed E-state index contributed by atoms with van der Waals surface area (Å²) < 4.78 is 5.76. The molecule has 27 heavy (non-hydrogen) atoms. The summed E-state index contributed by atoms with van der Waals surface area (Å²) in [5.74, 6) is -0.450. The molecule has 8 heteroatoms. The van der Waals surface area contributed by atoms with E-state index in [1.54, 1.807) is 32.0 Å². The summed E-state index contributed by atoms with van der Waals surface area (Å²) in [4.78, 5) is 28.7. The van der Waals surface area contributed by atoms with Gasteiger partial charge in [-0.05, 0) is 39.0 Å². The van der Waals surface area contributed by atoms with Crippen molar-refractivity contribution in [3.05, 3.63) is 57.2 Å². The van der Waals surface area contributed by atoms with Crippen LogP contribution in [0, 0.1) is 0 Å². The molecule has 2 heterocycles. The molecular weight excluding hydrogens is 391 g/mol. The van der Waals surface area contributed by atoms with Crippen LogP contribution in [0.25, 0.3) is 0 Å². The summed E-state index contributed by atoms with van der Waals surface area (Å²) >= 11 is 12.1. The molecule has 1 aromatic heterocycles. The lowest BCUT2D eigenvalue weighted by Crippen LogP contribution is -2.53. The highest BCUT2D eigenvalue weighted by Gasteiger charge is 2.44. The molecule has 0 fully saturated rings. The molecule has 0 bridgehead atoms. The number of pyridine rings is 1. The molecule has 0 saturated carbocycles. The van der Waals surface area contributed by atoms with Crippen LogP contribution in [0.5, 0.6) is 5.88 Å². The fraction of sp³-hybridized carbons (Fsp3) is 0.316. The van der Waals surface area contributed by atoms with Crippen LogP contribution < -0.4 is 10.1 Å². The Hall–Kier alpha value is -2.15. The zero-order valence-electron chi connectivity index (χ0n) is 14.9. The van der Waals surface area contributed by atoms with E-state index in [-0.39, 0.29) is 27.3 Å². The third kappa shape index (κ3) is 3.65. The van der Waals surface area contributed by atoms with Gasteiger partial charge in [0.25, 0.3) is 5.91 Å². The first-order chi connectivity index (χ1) is 12.6. The van der Waals surface area contributed by atoms with Crippen molar-refractivity contribution in [1.29, 1.82) is 0 Å². The Morgan fingerprint density at radius 1 is 1.30 bits per heavy atom. The van der Waals surface area contributed by atoms with Crippen molar-refractivity contribution in [2.45, 2.75) is 38.5 Å². The first kappa shape index (κ1) is 19.6. The molecule has 0 spiro atoms. The van der Waals surface area contributed by atoms with E-state index in [0.717, 1.165) is 0 Å². The zero-order valence-corrected chi connectivity index (χ0v) is 16.4. The first-order valence-corrected chi connectivity index (χ1v) is 9.00. The van der Waals surface area contributed by atoms with Crippen molar-refractivity contribution in [3.8, 4) is 5.88 Å². The van der Waals surface area contributed by atoms with E-state index in [9.17, 15) is 14.7 Å². The van der Waals surface area contributed by atoms with Crippen LogP contribution in [0.4, 0.5) is 0 Å². The Labute approximate surface area is 166 Å². The standard InChI is InChI=1S/C19H18Cl2N2O4/c1-9(24)10-7-12-15(16(25)19(2,3)27-18(12)22-8-10)23-17(26)11-5-4-6-13(20)14(11)21/h4-8,15-16,25H,1-3H3,(H,23,26)/t15?,16-/m0/s1. The van der Waals surface area contributed by atoms with Gasteiger partial charge in [0.05, 0.1) is 21.7 Å². The topological polar surface area (TPSA) is 88.5 Å². The van der Waals surface area contributed by atoms with Crippen molar-refractivity contribution in [2.75, 3.05) is 0 Å². The van der Waals surface area contributed by atoms with Gasteiger partial charge in [-0.2, -0.15) is 0 Å². The molecule has 0 aliphatic carbocycles. The van der Waals surface area contributed by atoms with E-state index in [0.29, 0.717) is 11.1 Å². The van der Waals surface area contributed by atoms with Gasteiger partial charge in [0.1, 0.15) is 11.7 Å². The summed E-state index contributed by atoms with van der Waals surface area (Å²) in [6, 6.07) is 5.43. The zero-order chi connectivity index (χ0) is 19.9. The van der Waals surface area contributed by atoms with Crippen LogP contribution in [0.15, 0.2) is 30.5 Å². The van der Waals surface area contributed by atoms with Crippen molar-refractivity contribution in [3.63, 3.8) is 0 Å². The summed E-state index contributed by atoms with van der Waals surface area (Å²) in [5, 5.41) is 13.9. The van der Waals surface area contributed by atoms with E-state index in [2.05, 4.69) is 10.3 Å². The number of ketones is 1. The molecule has 2 aromatic rings. The predicted molar refractivity (Wildman–Crippen MR) is 102 cm³/mol. The SMILES string of the molecule is CC(=O)c1cnc2c(c1)C(NC(=O)c1cccc(Cl)c1Cl)[C@H](O)C(C)(C)O2. The molecule has 1 aliphatic rings. The minimum atomic E-state index is -1.09. The highest BCUT2D eigenvalue weighted by atomic mass is 35.5. The maximum absolute atomic E-state index is 12.8. The molecule has 2 N–H and O–H groups in total. The van der Waals surface area contributed by atoms with Gasteiger partial charge in [0.2, 0.25) is 5.88 Å². The van der Waals surface area contributed by atoms with E-state index in [4.69, 9.17) is 27.9 Å². The van der Waals surface area contributed by atoms with Crippen LogP contribution in [-0.2, 0) is 0 Å². The summed E-state index contributed by atoms with van der Waals surface area (Å²) in [5.41, 5.74) is -0.0587. The molecule has 1 amide bonds. The van der Waals surface area contributed by atoms with Gasteiger partial charge in [-0.1, -0.05) is 29.3 Å². The highest BCUT2D eigenvalue weighted by molar-refractivity contribution is 6.43. The van der Waals surface area contributed by atoms with Crippen molar-refractivity contribution < 1.29 is 19.4 Å². The van der Waals surface area contributed by atoms with Gasteiger partial charge >= 0.3 is 0 Å². The fourth-order valence-electron chi connectivity index (χ4n) is 2.91. The van der Waals surface area contributed by atoms with Gasteiger partial charge < -0.3 is 15.2 Å². The van der Waals surface area contributed by atoms with Crippen molar-refractivity contribution >= 4 is 34.9 Å². The van der Waals surface area contributed by atoms with E-state index >= 15 is 0 Å². The quantitative estimate of drug-likeness (QED) is 0.757. The average Bonchev–Trinajstić information content (AvgIpc) is 2.60. The van der Waals surface area contributed by atoms with E-state index < -0.39 is 23.7 Å². The first-order valence-electron chi connectivity index (χ1n) is 8.24. The van der Waals surface area contributed by atoms with Crippen LogP contribution in [0.1, 0.15) is 53.1 Å². The Morgan fingerprint density at radius 2 is 2.00 bits per heavy atom. The van der Waals surface area contributed by atoms with Crippen molar-refractivity contribution in [1.82, 2.24) is 10.3 Å². The molecule has 1 unspecified atom stereocenters. The second-order valence-corrected chi connectivity index (χ2v) is 7.66. The lowest BCUT2D eigenvalue weighted by atomic mass is 9.87. The molecule has 6 nitrogen and oxygen atoms in total. The molecule has 0 saturated heterocycles. The fourth-order valence-corrected chi connectivity index (χ4v) is 3.29. The number of carbonyl (C=O) groups excluding carboxylic acids is 2. The average molecular weight is 409 g/mol. The lowest BCUT2D eigenvalue weighted by Gasteiger charge is -2.41. The van der Waals surface area contributed by atoms with Gasteiger partial charge in [-0.15, -0.1) is 0 Å². The number of hydrogen-bond acceptors (Lipinski definition) is 5. The monoisotopic (exact) mass is 408 g/mol. The number of aliphatic hydroxyl groups is 1. The van der Waals surface area contributed by atoms with Gasteiger partial charge in [-0.3, -0.25) is 9.59 Å². The van der Waals surface area contributed by atoms with E-state index in [1.807, 2.05) is 0 Å². The third-order valence-electron chi connectivity index (χ3n) is 4.49. The minimum absolute atomic E-state index is 0.119. The number of Topliss-reactive ketones (excluding diaryl/α,β-unsaturated/α-hetero) is 1. The molecule has 3 rings (SSSR count). The number of hydrogen-bond donors (Lipinski definition) is 2. The molecule has 1 aromatic carbocycles. The number of aromatic nitrogens is 1. The Balaban J connectivity index is 2.03. The van der Waals surface area contributed by atoms with Crippen LogP contribution in [0.3, 0.4) is 0 Å². The Kier molecular flexibility index (Phi) is 5.16. The number of rotatable bonds is 3. The molecule has 1 aliphatic heterocycles. The summed E-state index contributed by atoms with van der Waals surface area (Å²) in [6.45, 7) is 4.78. The summed E-state index contributed by atoms with van der Waals surface area (Å²) in [7, 11) is 0. The number of nitrogens with zero attached hydrogens (tertiary/aromatic N) is 1. The maximum Gasteiger partial charge on any atom is 0.253 e. The Morgan fingerprint density at radius 3 is 2.67 bits per heavy atom. The number of fused-ring (bicyclic) bond motifs is 1. The smallest absolute Gasteiger partial charge is 0.253 e. The van der Waals surface area contributed by atoms with Crippen LogP contribution in [-0.4, -0.2) is 33.5 Å². The maximum atomic E-state index is 12.8. The largest absolute Gasteiger partial charge is 0.469 e. The number of halogens is 2.